The number of hydrogen-bond donors (Lipinski definition) is 0. The number of carbonyl (C=O) groups is 1. The Labute approximate surface area is 74.6 Å². The van der Waals surface area contributed by atoms with Gasteiger partial charge >= 0.3 is 5.97 Å². The minimum absolute atomic E-state index is 0.0819. The Balaban J connectivity index is 3.21. The third-order valence-corrected chi connectivity index (χ3v) is 1.51. The second-order valence-corrected chi connectivity index (χ2v) is 2.68. The summed E-state index contributed by atoms with van der Waals surface area (Å²) in [6.07, 6.45) is 7.26. The number of ether oxygens (including phenoxy) is 1. The second kappa shape index (κ2) is 8.31. The minimum Gasteiger partial charge on any atom is -0.466 e. The van der Waals surface area contributed by atoms with Crippen LogP contribution in [0, 0.1) is 0 Å². The minimum atomic E-state index is -0.0819. The van der Waals surface area contributed by atoms with Gasteiger partial charge in [-0.1, -0.05) is 25.5 Å². The van der Waals surface area contributed by atoms with E-state index in [0.29, 0.717) is 13.0 Å². The molecule has 2 heteroatoms. The predicted octanol–water partition coefficient (Wildman–Crippen LogP) is 2.69. The molecule has 0 saturated heterocycles. The van der Waals surface area contributed by atoms with E-state index < -0.39 is 0 Å². The molecule has 0 heterocycles. The molecule has 0 aromatic carbocycles. The maximum Gasteiger partial charge on any atom is 0.306 e. The summed E-state index contributed by atoms with van der Waals surface area (Å²) in [5.74, 6) is -0.0819. The molecule has 0 bridgehead atoms. The number of hydrogen-bond acceptors (Lipinski definition) is 2. The highest BCUT2D eigenvalue weighted by atomic mass is 16.5. The summed E-state index contributed by atoms with van der Waals surface area (Å²) in [6, 6.07) is 0. The van der Waals surface area contributed by atoms with Gasteiger partial charge in [-0.3, -0.25) is 4.79 Å². The van der Waals surface area contributed by atoms with Crippen molar-refractivity contribution in [1.29, 1.82) is 0 Å². The van der Waals surface area contributed by atoms with Gasteiger partial charge in [-0.2, -0.15) is 0 Å². The van der Waals surface area contributed by atoms with Crippen LogP contribution in [0.2, 0.25) is 0 Å². The molecule has 0 unspecified atom stereocenters. The van der Waals surface area contributed by atoms with Crippen LogP contribution in [0.1, 0.15) is 39.5 Å². The van der Waals surface area contributed by atoms with Gasteiger partial charge in [-0.15, -0.1) is 0 Å². The van der Waals surface area contributed by atoms with Gasteiger partial charge in [0.2, 0.25) is 0 Å². The molecule has 0 rings (SSSR count). The lowest BCUT2D eigenvalue weighted by atomic mass is 10.3. The van der Waals surface area contributed by atoms with Crippen molar-refractivity contribution >= 4 is 5.97 Å². The summed E-state index contributed by atoms with van der Waals surface area (Å²) < 4.78 is 4.96. The first-order valence-electron chi connectivity index (χ1n) is 4.58. The summed E-state index contributed by atoms with van der Waals surface area (Å²) >= 11 is 0. The van der Waals surface area contributed by atoms with E-state index in [9.17, 15) is 4.79 Å². The molecule has 12 heavy (non-hydrogen) atoms. The fourth-order valence-corrected chi connectivity index (χ4v) is 0.770. The Morgan fingerprint density at radius 2 is 2.25 bits per heavy atom. The average molecular weight is 170 g/mol. The first-order chi connectivity index (χ1) is 5.81. The van der Waals surface area contributed by atoms with Crippen LogP contribution in [0.4, 0.5) is 0 Å². The van der Waals surface area contributed by atoms with Crippen molar-refractivity contribution in [3.8, 4) is 0 Å². The maximum atomic E-state index is 10.9. The van der Waals surface area contributed by atoms with Crippen LogP contribution in [0.3, 0.4) is 0 Å². The van der Waals surface area contributed by atoms with Gasteiger partial charge in [0.05, 0.1) is 6.61 Å². The van der Waals surface area contributed by atoms with Gasteiger partial charge in [-0.05, 0) is 19.8 Å². The Morgan fingerprint density at radius 1 is 1.50 bits per heavy atom. The SMILES string of the molecule is CC=CCCC(=O)OCCCC. The number of rotatable bonds is 6. The van der Waals surface area contributed by atoms with Crippen LogP contribution in [-0.4, -0.2) is 12.6 Å². The molecule has 0 radical (unpaired) electrons. The molecular formula is C10H18O2. The fourth-order valence-electron chi connectivity index (χ4n) is 0.770. The molecule has 0 saturated carbocycles. The van der Waals surface area contributed by atoms with Crippen molar-refractivity contribution in [2.24, 2.45) is 0 Å². The van der Waals surface area contributed by atoms with Crippen LogP contribution in [0.15, 0.2) is 12.2 Å². The molecule has 0 aromatic heterocycles. The van der Waals surface area contributed by atoms with E-state index in [-0.39, 0.29) is 5.97 Å². The highest BCUT2D eigenvalue weighted by Crippen LogP contribution is 1.96. The first-order valence-corrected chi connectivity index (χ1v) is 4.58. The van der Waals surface area contributed by atoms with Gasteiger partial charge in [0, 0.05) is 6.42 Å². The van der Waals surface area contributed by atoms with Gasteiger partial charge in [0.1, 0.15) is 0 Å². The van der Waals surface area contributed by atoms with Crippen molar-refractivity contribution in [2.75, 3.05) is 6.61 Å². The van der Waals surface area contributed by atoms with Crippen LogP contribution >= 0.6 is 0 Å². The van der Waals surface area contributed by atoms with Crippen LogP contribution < -0.4 is 0 Å². The normalized spacial score (nSPS) is 10.5. The molecule has 0 fully saturated rings. The molecule has 0 amide bonds. The summed E-state index contributed by atoms with van der Waals surface area (Å²) in [6.45, 7) is 4.60. The van der Waals surface area contributed by atoms with Crippen LogP contribution in [-0.2, 0) is 9.53 Å². The quantitative estimate of drug-likeness (QED) is 0.348. The molecule has 0 aliphatic heterocycles. The number of carbonyl (C=O) groups excluding carboxylic acids is 1. The molecule has 0 aliphatic rings. The molecule has 0 N–H and O–H groups in total. The summed E-state index contributed by atoms with van der Waals surface area (Å²) in [5.41, 5.74) is 0. The zero-order valence-electron chi connectivity index (χ0n) is 8.01. The van der Waals surface area contributed by atoms with Crippen LogP contribution in [0.5, 0.6) is 0 Å². The van der Waals surface area contributed by atoms with Crippen molar-refractivity contribution in [3.05, 3.63) is 12.2 Å². The lowest BCUT2D eigenvalue weighted by Crippen LogP contribution is -2.04. The van der Waals surface area contributed by atoms with E-state index in [1.165, 1.54) is 0 Å². The maximum absolute atomic E-state index is 10.9. The molecular weight excluding hydrogens is 152 g/mol. The number of esters is 1. The number of allylic oxidation sites excluding steroid dienone is 2. The largest absolute Gasteiger partial charge is 0.466 e. The number of unbranched alkanes of at least 4 members (excludes halogenated alkanes) is 1. The van der Waals surface area contributed by atoms with Gasteiger partial charge in [-0.25, -0.2) is 0 Å². The highest BCUT2D eigenvalue weighted by Gasteiger charge is 1.98. The highest BCUT2D eigenvalue weighted by molar-refractivity contribution is 5.69. The molecule has 70 valence electrons. The van der Waals surface area contributed by atoms with E-state index in [2.05, 4.69) is 6.92 Å². The second-order valence-electron chi connectivity index (χ2n) is 2.68. The van der Waals surface area contributed by atoms with E-state index in [1.54, 1.807) is 0 Å². The average Bonchev–Trinajstić information content (AvgIpc) is 2.06. The summed E-state index contributed by atoms with van der Waals surface area (Å²) in [4.78, 5) is 10.9. The Hall–Kier alpha value is -0.790. The van der Waals surface area contributed by atoms with Gasteiger partial charge < -0.3 is 4.74 Å². The fraction of sp³-hybridized carbons (Fsp3) is 0.700. The third-order valence-electron chi connectivity index (χ3n) is 1.51. The zero-order valence-corrected chi connectivity index (χ0v) is 8.01. The lowest BCUT2D eigenvalue weighted by Gasteiger charge is -2.01. The standard InChI is InChI=1S/C10H18O2/c1-3-5-7-8-10(11)12-9-6-4-2/h3,5H,4,6-9H2,1-2H3. The van der Waals surface area contributed by atoms with Gasteiger partial charge in [0.25, 0.3) is 0 Å². The predicted molar refractivity (Wildman–Crippen MR) is 49.9 cm³/mol. The smallest absolute Gasteiger partial charge is 0.306 e. The van der Waals surface area contributed by atoms with E-state index in [1.807, 2.05) is 19.1 Å². The molecule has 0 aromatic rings. The Bertz CT molecular complexity index is 139. The Morgan fingerprint density at radius 3 is 2.83 bits per heavy atom. The van der Waals surface area contributed by atoms with E-state index in [4.69, 9.17) is 4.74 Å². The third kappa shape index (κ3) is 7.32. The molecule has 0 spiro atoms. The van der Waals surface area contributed by atoms with E-state index >= 15 is 0 Å². The van der Waals surface area contributed by atoms with Gasteiger partial charge in [0.15, 0.2) is 0 Å². The molecule has 2 nitrogen and oxygen atoms in total. The Kier molecular flexibility index (Phi) is 7.76. The van der Waals surface area contributed by atoms with Crippen LogP contribution in [0.25, 0.3) is 0 Å². The van der Waals surface area contributed by atoms with Crippen molar-refractivity contribution in [1.82, 2.24) is 0 Å². The van der Waals surface area contributed by atoms with Crippen molar-refractivity contribution in [3.63, 3.8) is 0 Å². The van der Waals surface area contributed by atoms with E-state index in [0.717, 1.165) is 19.3 Å². The van der Waals surface area contributed by atoms with Crippen molar-refractivity contribution in [2.45, 2.75) is 39.5 Å². The summed E-state index contributed by atoms with van der Waals surface area (Å²) in [5, 5.41) is 0. The lowest BCUT2D eigenvalue weighted by molar-refractivity contribution is -0.143. The zero-order chi connectivity index (χ0) is 9.23. The topological polar surface area (TPSA) is 26.3 Å². The summed E-state index contributed by atoms with van der Waals surface area (Å²) in [7, 11) is 0. The first kappa shape index (κ1) is 11.2. The monoisotopic (exact) mass is 170 g/mol. The molecule has 0 atom stereocenters. The van der Waals surface area contributed by atoms with Crippen molar-refractivity contribution < 1.29 is 9.53 Å². The molecule has 0 aliphatic carbocycles.